The Morgan fingerprint density at radius 2 is 2.18 bits per heavy atom. The molecular formula is C12H17N3O6S. The molecule has 0 aliphatic carbocycles. The molecule has 0 bridgehead atoms. The van der Waals surface area contributed by atoms with E-state index in [0.29, 0.717) is 12.8 Å². The highest BCUT2D eigenvalue weighted by atomic mass is 32.2. The lowest BCUT2D eigenvalue weighted by Crippen LogP contribution is -2.44. The average molecular weight is 331 g/mol. The minimum atomic E-state index is -4.08. The maximum atomic E-state index is 12.5. The first-order valence-electron chi connectivity index (χ1n) is 6.85. The number of aromatic nitrogens is 2. The van der Waals surface area contributed by atoms with Crippen molar-refractivity contribution in [2.45, 2.75) is 24.7 Å². The van der Waals surface area contributed by atoms with Gasteiger partial charge in [-0.05, 0) is 19.8 Å². The Morgan fingerprint density at radius 3 is 2.82 bits per heavy atom. The van der Waals surface area contributed by atoms with Gasteiger partial charge in [-0.25, -0.2) is 13.2 Å². The molecule has 1 saturated heterocycles. The van der Waals surface area contributed by atoms with Crippen LogP contribution in [-0.2, 0) is 19.6 Å². The van der Waals surface area contributed by atoms with Crippen LogP contribution in [0.2, 0.25) is 0 Å². The lowest BCUT2D eigenvalue weighted by Gasteiger charge is -2.30. The second kappa shape index (κ2) is 6.44. The van der Waals surface area contributed by atoms with Gasteiger partial charge in [0.05, 0.1) is 12.5 Å². The molecule has 0 radical (unpaired) electrons. The van der Waals surface area contributed by atoms with Crippen LogP contribution in [-0.4, -0.2) is 48.4 Å². The fourth-order valence-corrected chi connectivity index (χ4v) is 3.86. The second-order valence-electron chi connectivity index (χ2n) is 4.89. The molecule has 2 heterocycles. The predicted molar refractivity (Wildman–Crippen MR) is 75.8 cm³/mol. The molecule has 1 atom stereocenters. The van der Waals surface area contributed by atoms with Gasteiger partial charge in [-0.15, -0.1) is 0 Å². The Labute approximate surface area is 126 Å². The van der Waals surface area contributed by atoms with Gasteiger partial charge in [-0.1, -0.05) is 0 Å². The van der Waals surface area contributed by atoms with E-state index in [2.05, 4.69) is 4.98 Å². The molecule has 122 valence electrons. The number of hydrogen-bond donors (Lipinski definition) is 2. The number of hydrogen-bond acceptors (Lipinski definition) is 6. The molecule has 0 amide bonds. The Bertz CT molecular complexity index is 766. The first kappa shape index (κ1) is 16.4. The number of sulfonamides is 1. The van der Waals surface area contributed by atoms with Crippen LogP contribution in [0.15, 0.2) is 20.7 Å². The van der Waals surface area contributed by atoms with Crippen molar-refractivity contribution in [1.82, 2.24) is 14.3 Å². The van der Waals surface area contributed by atoms with Gasteiger partial charge in [0.15, 0.2) is 4.90 Å². The number of H-pyrrole nitrogens is 2. The van der Waals surface area contributed by atoms with Crippen molar-refractivity contribution in [3.05, 3.63) is 27.0 Å². The van der Waals surface area contributed by atoms with Crippen molar-refractivity contribution in [3.63, 3.8) is 0 Å². The summed E-state index contributed by atoms with van der Waals surface area (Å²) in [5, 5.41) is 0. The number of rotatable bonds is 4. The number of nitrogens with one attached hydrogen (secondary N) is 2. The third-order valence-corrected chi connectivity index (χ3v) is 5.28. The Balaban J connectivity index is 2.27. The van der Waals surface area contributed by atoms with Gasteiger partial charge in [0.25, 0.3) is 5.56 Å². The van der Waals surface area contributed by atoms with Crippen molar-refractivity contribution >= 4 is 16.0 Å². The summed E-state index contributed by atoms with van der Waals surface area (Å²) >= 11 is 0. The Hall–Kier alpha value is -1.94. The molecule has 1 unspecified atom stereocenters. The molecule has 0 saturated carbocycles. The summed E-state index contributed by atoms with van der Waals surface area (Å²) in [5.41, 5.74) is -1.77. The van der Waals surface area contributed by atoms with Crippen LogP contribution in [0.5, 0.6) is 0 Å². The lowest BCUT2D eigenvalue weighted by molar-refractivity contribution is -0.149. The first-order valence-corrected chi connectivity index (χ1v) is 8.29. The molecule has 1 aliphatic rings. The number of ether oxygens (including phenoxy) is 1. The van der Waals surface area contributed by atoms with Gasteiger partial charge in [0, 0.05) is 19.3 Å². The van der Waals surface area contributed by atoms with Gasteiger partial charge >= 0.3 is 11.7 Å². The largest absolute Gasteiger partial charge is 0.466 e. The Morgan fingerprint density at radius 1 is 1.45 bits per heavy atom. The van der Waals surface area contributed by atoms with Crippen LogP contribution in [0.4, 0.5) is 0 Å². The molecule has 9 nitrogen and oxygen atoms in total. The van der Waals surface area contributed by atoms with Crippen molar-refractivity contribution in [1.29, 1.82) is 0 Å². The molecule has 2 rings (SSSR count). The molecule has 2 N–H and O–H groups in total. The zero-order chi connectivity index (χ0) is 16.3. The van der Waals surface area contributed by atoms with E-state index in [4.69, 9.17) is 4.74 Å². The average Bonchev–Trinajstić information content (AvgIpc) is 2.47. The van der Waals surface area contributed by atoms with Crippen molar-refractivity contribution in [3.8, 4) is 0 Å². The zero-order valence-corrected chi connectivity index (χ0v) is 12.8. The molecule has 1 aromatic rings. The van der Waals surface area contributed by atoms with Crippen LogP contribution >= 0.6 is 0 Å². The van der Waals surface area contributed by atoms with Crippen LogP contribution in [0, 0.1) is 5.92 Å². The van der Waals surface area contributed by atoms with E-state index in [9.17, 15) is 22.8 Å². The minimum absolute atomic E-state index is 0.0419. The van der Waals surface area contributed by atoms with Gasteiger partial charge in [0.2, 0.25) is 10.0 Å². The van der Waals surface area contributed by atoms with Crippen molar-refractivity contribution < 1.29 is 17.9 Å². The highest BCUT2D eigenvalue weighted by Crippen LogP contribution is 2.22. The van der Waals surface area contributed by atoms with Crippen molar-refractivity contribution in [2.75, 3.05) is 19.7 Å². The summed E-state index contributed by atoms with van der Waals surface area (Å²) < 4.78 is 30.9. The highest BCUT2D eigenvalue weighted by molar-refractivity contribution is 7.89. The summed E-state index contributed by atoms with van der Waals surface area (Å²) in [6.45, 7) is 2.06. The highest BCUT2D eigenvalue weighted by Gasteiger charge is 2.35. The number of esters is 1. The van der Waals surface area contributed by atoms with Crippen LogP contribution in [0.25, 0.3) is 0 Å². The van der Waals surface area contributed by atoms with E-state index in [1.165, 1.54) is 0 Å². The summed E-state index contributed by atoms with van der Waals surface area (Å²) in [6, 6.07) is 0. The standard InChI is InChI=1S/C12H17N3O6S/c1-2-21-11(17)8-4-3-5-15(7-8)22(19,20)9-6-13-12(18)14-10(9)16/h6,8H,2-5,7H2,1H3,(H2,13,14,16,18). The predicted octanol–water partition coefficient (Wildman–Crippen LogP) is -0.973. The summed E-state index contributed by atoms with van der Waals surface area (Å²) in [4.78, 5) is 37.9. The van der Waals surface area contributed by atoms with Gasteiger partial charge in [-0.2, -0.15) is 4.31 Å². The number of piperidine rings is 1. The molecule has 0 spiro atoms. The third-order valence-electron chi connectivity index (χ3n) is 3.41. The summed E-state index contributed by atoms with van der Waals surface area (Å²) in [6.07, 6.45) is 1.89. The fourth-order valence-electron chi connectivity index (χ4n) is 2.34. The molecule has 1 aliphatic heterocycles. The minimum Gasteiger partial charge on any atom is -0.466 e. The van der Waals surface area contributed by atoms with Crippen LogP contribution in [0.1, 0.15) is 19.8 Å². The van der Waals surface area contributed by atoms with E-state index < -0.39 is 38.1 Å². The smallest absolute Gasteiger partial charge is 0.325 e. The number of carbonyl (C=O) groups excluding carboxylic acids is 1. The monoisotopic (exact) mass is 331 g/mol. The topological polar surface area (TPSA) is 129 Å². The summed E-state index contributed by atoms with van der Waals surface area (Å²) in [7, 11) is -4.08. The van der Waals surface area contributed by atoms with Crippen LogP contribution in [0.3, 0.4) is 0 Å². The van der Waals surface area contributed by atoms with Gasteiger partial charge < -0.3 is 9.72 Å². The molecule has 10 heteroatoms. The SMILES string of the molecule is CCOC(=O)C1CCCN(S(=O)(=O)c2c[nH]c(=O)[nH]c2=O)C1. The second-order valence-corrected chi connectivity index (χ2v) is 6.80. The van der Waals surface area contributed by atoms with Crippen LogP contribution < -0.4 is 11.2 Å². The summed E-state index contributed by atoms with van der Waals surface area (Å²) in [5.74, 6) is -0.997. The van der Waals surface area contributed by atoms with E-state index in [1.807, 2.05) is 4.98 Å². The fraction of sp³-hybridized carbons (Fsp3) is 0.583. The number of nitrogens with zero attached hydrogens (tertiary/aromatic N) is 1. The molecule has 1 aromatic heterocycles. The molecular weight excluding hydrogens is 314 g/mol. The maximum Gasteiger partial charge on any atom is 0.325 e. The Kier molecular flexibility index (Phi) is 4.81. The van der Waals surface area contributed by atoms with E-state index in [-0.39, 0.29) is 19.7 Å². The van der Waals surface area contributed by atoms with E-state index >= 15 is 0 Å². The number of carbonyl (C=O) groups is 1. The molecule has 22 heavy (non-hydrogen) atoms. The van der Waals surface area contributed by atoms with E-state index in [1.54, 1.807) is 6.92 Å². The van der Waals surface area contributed by atoms with Gasteiger partial charge in [0.1, 0.15) is 0 Å². The quantitative estimate of drug-likeness (QED) is 0.683. The normalized spacial score (nSPS) is 19.8. The van der Waals surface area contributed by atoms with E-state index in [0.717, 1.165) is 10.5 Å². The number of aromatic amines is 2. The van der Waals surface area contributed by atoms with Crippen molar-refractivity contribution in [2.24, 2.45) is 5.92 Å². The lowest BCUT2D eigenvalue weighted by atomic mass is 10.0. The molecule has 0 aromatic carbocycles. The maximum absolute atomic E-state index is 12.5. The third kappa shape index (κ3) is 3.28. The molecule has 1 fully saturated rings. The van der Waals surface area contributed by atoms with Gasteiger partial charge in [-0.3, -0.25) is 14.6 Å². The zero-order valence-electron chi connectivity index (χ0n) is 12.0. The first-order chi connectivity index (χ1) is 10.4.